The van der Waals surface area contributed by atoms with Crippen molar-refractivity contribution in [3.8, 4) is 0 Å². The fraction of sp³-hybridized carbons (Fsp3) is 0.727. The van der Waals surface area contributed by atoms with Gasteiger partial charge in [-0.2, -0.15) is 0 Å². The first-order valence-electron chi connectivity index (χ1n) is 5.22. The minimum atomic E-state index is -0.127. The van der Waals surface area contributed by atoms with Crippen molar-refractivity contribution in [3.63, 3.8) is 0 Å². The second-order valence-electron chi connectivity index (χ2n) is 3.78. The van der Waals surface area contributed by atoms with E-state index in [1.165, 1.54) is 4.88 Å². The third kappa shape index (κ3) is 2.38. The fourth-order valence-corrected chi connectivity index (χ4v) is 2.76. The Balaban J connectivity index is 3.07. The zero-order valence-corrected chi connectivity index (χ0v) is 11.0. The van der Waals surface area contributed by atoms with Crippen LogP contribution < -0.4 is 5.32 Å². The lowest BCUT2D eigenvalue weighted by atomic mass is 9.98. The molecule has 1 rings (SSSR count). The summed E-state index contributed by atoms with van der Waals surface area (Å²) in [6.07, 6.45) is 0.976. The summed E-state index contributed by atoms with van der Waals surface area (Å²) in [7, 11) is 3.70. The van der Waals surface area contributed by atoms with E-state index in [0.717, 1.165) is 17.1 Å². The molecule has 86 valence electrons. The van der Waals surface area contributed by atoms with Crippen molar-refractivity contribution in [1.82, 2.24) is 10.3 Å². The molecule has 0 radical (unpaired) electrons. The first-order chi connectivity index (χ1) is 7.09. The molecular weight excluding hydrogens is 208 g/mol. The van der Waals surface area contributed by atoms with E-state index < -0.39 is 0 Å². The van der Waals surface area contributed by atoms with E-state index in [-0.39, 0.29) is 5.54 Å². The first kappa shape index (κ1) is 12.6. The van der Waals surface area contributed by atoms with Crippen LogP contribution >= 0.6 is 11.3 Å². The molecule has 15 heavy (non-hydrogen) atoms. The number of ether oxygens (including phenoxy) is 1. The standard InChI is InChI=1S/C11H20N2OS/c1-6-11(12-4,7-14-5)10-13-8(2)9(3)15-10/h12H,6-7H2,1-5H3. The maximum atomic E-state index is 5.30. The zero-order valence-electron chi connectivity index (χ0n) is 10.2. The highest BCUT2D eigenvalue weighted by Crippen LogP contribution is 2.30. The van der Waals surface area contributed by atoms with Gasteiger partial charge in [0.2, 0.25) is 0 Å². The largest absolute Gasteiger partial charge is 0.382 e. The molecule has 0 saturated heterocycles. The molecule has 3 nitrogen and oxygen atoms in total. The van der Waals surface area contributed by atoms with Crippen molar-refractivity contribution in [2.24, 2.45) is 0 Å². The van der Waals surface area contributed by atoms with Gasteiger partial charge in [0.15, 0.2) is 0 Å². The Bertz CT molecular complexity index is 299. The maximum Gasteiger partial charge on any atom is 0.116 e. The van der Waals surface area contributed by atoms with Crippen LogP contribution in [0.5, 0.6) is 0 Å². The van der Waals surface area contributed by atoms with E-state index in [2.05, 4.69) is 31.1 Å². The number of rotatable bonds is 5. The smallest absolute Gasteiger partial charge is 0.116 e. The molecular formula is C11H20N2OS. The van der Waals surface area contributed by atoms with Gasteiger partial charge in [-0.05, 0) is 27.3 Å². The Morgan fingerprint density at radius 3 is 2.47 bits per heavy atom. The van der Waals surface area contributed by atoms with Crippen molar-refractivity contribution in [3.05, 3.63) is 15.6 Å². The molecule has 0 aliphatic rings. The summed E-state index contributed by atoms with van der Waals surface area (Å²) in [5.41, 5.74) is 0.998. The molecule has 1 unspecified atom stereocenters. The van der Waals surface area contributed by atoms with Gasteiger partial charge in [-0.25, -0.2) is 4.98 Å². The molecule has 0 saturated carbocycles. The lowest BCUT2D eigenvalue weighted by Crippen LogP contribution is -2.43. The van der Waals surface area contributed by atoms with Gasteiger partial charge >= 0.3 is 0 Å². The summed E-state index contributed by atoms with van der Waals surface area (Å²) < 4.78 is 5.30. The van der Waals surface area contributed by atoms with Gasteiger partial charge in [0.1, 0.15) is 5.01 Å². The van der Waals surface area contributed by atoms with E-state index in [1.807, 2.05) is 7.05 Å². The lowest BCUT2D eigenvalue weighted by Gasteiger charge is -2.29. The third-order valence-electron chi connectivity index (χ3n) is 2.91. The predicted molar refractivity (Wildman–Crippen MR) is 64.5 cm³/mol. The first-order valence-corrected chi connectivity index (χ1v) is 6.03. The van der Waals surface area contributed by atoms with Gasteiger partial charge in [-0.15, -0.1) is 11.3 Å². The molecule has 0 aliphatic heterocycles. The summed E-state index contributed by atoms with van der Waals surface area (Å²) in [5, 5.41) is 4.47. The second-order valence-corrected chi connectivity index (χ2v) is 4.98. The Morgan fingerprint density at radius 1 is 1.47 bits per heavy atom. The second kappa shape index (κ2) is 5.05. The van der Waals surface area contributed by atoms with Crippen molar-refractivity contribution in [1.29, 1.82) is 0 Å². The molecule has 0 amide bonds. The highest BCUT2D eigenvalue weighted by Gasteiger charge is 2.32. The number of hydrogen-bond donors (Lipinski definition) is 1. The third-order valence-corrected chi connectivity index (χ3v) is 4.19. The van der Waals surface area contributed by atoms with E-state index in [9.17, 15) is 0 Å². The van der Waals surface area contributed by atoms with Crippen LogP contribution in [-0.2, 0) is 10.3 Å². The number of nitrogens with one attached hydrogen (secondary N) is 1. The maximum absolute atomic E-state index is 5.30. The minimum Gasteiger partial charge on any atom is -0.382 e. The van der Waals surface area contributed by atoms with Gasteiger partial charge in [-0.1, -0.05) is 6.92 Å². The Labute approximate surface area is 95.9 Å². The molecule has 0 spiro atoms. The fourth-order valence-electron chi connectivity index (χ4n) is 1.59. The molecule has 1 heterocycles. The molecule has 1 N–H and O–H groups in total. The number of nitrogens with zero attached hydrogens (tertiary/aromatic N) is 1. The van der Waals surface area contributed by atoms with Crippen molar-refractivity contribution < 1.29 is 4.74 Å². The lowest BCUT2D eigenvalue weighted by molar-refractivity contribution is 0.110. The molecule has 1 aromatic rings. The summed E-state index contributed by atoms with van der Waals surface area (Å²) >= 11 is 1.76. The number of methoxy groups -OCH3 is 1. The molecule has 0 fully saturated rings. The molecule has 1 aromatic heterocycles. The van der Waals surface area contributed by atoms with Crippen LogP contribution in [0.1, 0.15) is 28.9 Å². The zero-order chi connectivity index (χ0) is 11.5. The Kier molecular flexibility index (Phi) is 4.25. The number of aryl methyl sites for hydroxylation is 2. The van der Waals surface area contributed by atoms with Crippen LogP contribution in [0, 0.1) is 13.8 Å². The molecule has 1 atom stereocenters. The number of hydrogen-bond acceptors (Lipinski definition) is 4. The normalized spacial score (nSPS) is 15.3. The van der Waals surface area contributed by atoms with Gasteiger partial charge in [-0.3, -0.25) is 0 Å². The van der Waals surface area contributed by atoms with Crippen molar-refractivity contribution >= 4 is 11.3 Å². The van der Waals surface area contributed by atoms with Gasteiger partial charge < -0.3 is 10.1 Å². The SMILES string of the molecule is CCC(COC)(NC)c1nc(C)c(C)s1. The topological polar surface area (TPSA) is 34.1 Å². The molecule has 0 aromatic carbocycles. The van der Waals surface area contributed by atoms with Gasteiger partial charge in [0, 0.05) is 12.0 Å². The average Bonchev–Trinajstić information content (AvgIpc) is 2.56. The average molecular weight is 228 g/mol. The summed E-state index contributed by atoms with van der Waals surface area (Å²) in [5.74, 6) is 0. The summed E-state index contributed by atoms with van der Waals surface area (Å²) in [6, 6.07) is 0. The number of likely N-dealkylation sites (N-methyl/N-ethyl adjacent to an activating group) is 1. The quantitative estimate of drug-likeness (QED) is 0.839. The van der Waals surface area contributed by atoms with E-state index in [1.54, 1.807) is 18.4 Å². The number of aromatic nitrogens is 1. The molecule has 0 bridgehead atoms. The molecule has 0 aliphatic carbocycles. The predicted octanol–water partition coefficient (Wildman–Crippen LogP) is 2.23. The van der Waals surface area contributed by atoms with Crippen LogP contribution in [0.3, 0.4) is 0 Å². The highest BCUT2D eigenvalue weighted by molar-refractivity contribution is 7.11. The monoisotopic (exact) mass is 228 g/mol. The Morgan fingerprint density at radius 2 is 2.13 bits per heavy atom. The van der Waals surface area contributed by atoms with Crippen molar-refractivity contribution in [2.75, 3.05) is 20.8 Å². The molecule has 4 heteroatoms. The van der Waals surface area contributed by atoms with E-state index in [0.29, 0.717) is 6.61 Å². The van der Waals surface area contributed by atoms with Gasteiger partial charge in [0.25, 0.3) is 0 Å². The van der Waals surface area contributed by atoms with E-state index >= 15 is 0 Å². The Hall–Kier alpha value is -0.450. The van der Waals surface area contributed by atoms with E-state index in [4.69, 9.17) is 4.74 Å². The van der Waals surface area contributed by atoms with Crippen LogP contribution in [0.25, 0.3) is 0 Å². The summed E-state index contributed by atoms with van der Waals surface area (Å²) in [6.45, 7) is 6.98. The van der Waals surface area contributed by atoms with Crippen LogP contribution in [0.4, 0.5) is 0 Å². The van der Waals surface area contributed by atoms with Crippen LogP contribution in [-0.4, -0.2) is 25.7 Å². The van der Waals surface area contributed by atoms with Gasteiger partial charge in [0.05, 0.1) is 17.8 Å². The summed E-state index contributed by atoms with van der Waals surface area (Å²) in [4.78, 5) is 5.91. The number of thiazole rings is 1. The minimum absolute atomic E-state index is 0.127. The van der Waals surface area contributed by atoms with Crippen LogP contribution in [0.15, 0.2) is 0 Å². The highest BCUT2D eigenvalue weighted by atomic mass is 32.1. The van der Waals surface area contributed by atoms with Crippen molar-refractivity contribution in [2.45, 2.75) is 32.7 Å². The van der Waals surface area contributed by atoms with Crippen LogP contribution in [0.2, 0.25) is 0 Å².